The van der Waals surface area contributed by atoms with Crippen molar-refractivity contribution in [3.63, 3.8) is 0 Å². The maximum absolute atomic E-state index is 12.3. The highest BCUT2D eigenvalue weighted by Crippen LogP contribution is 2.31. The summed E-state index contributed by atoms with van der Waals surface area (Å²) in [5.74, 6) is -0.446. The van der Waals surface area contributed by atoms with Crippen molar-refractivity contribution < 1.29 is 9.21 Å². The second-order valence-electron chi connectivity index (χ2n) is 7.23. The Bertz CT molecular complexity index is 1040. The lowest BCUT2D eigenvalue weighted by atomic mass is 10.1. The number of amides is 1. The molecule has 1 amide bonds. The number of benzene rings is 1. The van der Waals surface area contributed by atoms with Crippen molar-refractivity contribution in [2.45, 2.75) is 25.4 Å². The predicted octanol–water partition coefficient (Wildman–Crippen LogP) is 3.47. The summed E-state index contributed by atoms with van der Waals surface area (Å²) in [6, 6.07) is 5.92. The van der Waals surface area contributed by atoms with Crippen LogP contribution in [0, 0.1) is 0 Å². The normalized spacial score (nSPS) is 17.2. The van der Waals surface area contributed by atoms with Gasteiger partial charge >= 0.3 is 0 Å². The van der Waals surface area contributed by atoms with E-state index in [0.717, 1.165) is 35.9 Å². The summed E-state index contributed by atoms with van der Waals surface area (Å²) in [5.41, 5.74) is 7.93. The van der Waals surface area contributed by atoms with Crippen LogP contribution in [0.5, 0.6) is 0 Å². The molecule has 4 rings (SSSR count). The molecule has 8 nitrogen and oxygen atoms in total. The summed E-state index contributed by atoms with van der Waals surface area (Å²) in [4.78, 5) is 23.4. The number of anilines is 2. The van der Waals surface area contributed by atoms with Gasteiger partial charge in [0.1, 0.15) is 11.3 Å². The fraction of sp³-hybridized carbons (Fsp3) is 0.350. The van der Waals surface area contributed by atoms with Gasteiger partial charge in [0.05, 0.1) is 16.4 Å². The van der Waals surface area contributed by atoms with Crippen LogP contribution in [0.15, 0.2) is 34.3 Å². The van der Waals surface area contributed by atoms with Gasteiger partial charge in [0.15, 0.2) is 5.69 Å². The number of rotatable bonds is 6. The van der Waals surface area contributed by atoms with E-state index in [1.54, 1.807) is 17.4 Å². The van der Waals surface area contributed by atoms with Gasteiger partial charge in [-0.15, -0.1) is 11.3 Å². The second-order valence-corrected chi connectivity index (χ2v) is 8.49. The molecule has 0 spiro atoms. The van der Waals surface area contributed by atoms with Gasteiger partial charge < -0.3 is 20.8 Å². The first-order valence-electron chi connectivity index (χ1n) is 9.68. The molecule has 158 valence electrons. The van der Waals surface area contributed by atoms with E-state index >= 15 is 0 Å². The number of thiazole rings is 1. The Kier molecular flexibility index (Phi) is 6.33. The van der Waals surface area contributed by atoms with Crippen LogP contribution in [0.2, 0.25) is 5.02 Å². The first-order chi connectivity index (χ1) is 14.5. The molecule has 4 N–H and O–H groups in total. The van der Waals surface area contributed by atoms with Crippen molar-refractivity contribution >= 4 is 40.5 Å². The zero-order valence-electron chi connectivity index (χ0n) is 16.5. The number of nitrogens with two attached hydrogens (primary N) is 1. The van der Waals surface area contributed by atoms with Gasteiger partial charge in [0.2, 0.25) is 0 Å². The Morgan fingerprint density at radius 2 is 2.30 bits per heavy atom. The van der Waals surface area contributed by atoms with E-state index in [4.69, 9.17) is 26.7 Å². The number of carbonyl (C=O) groups excluding carboxylic acids is 1. The van der Waals surface area contributed by atoms with Gasteiger partial charge in [-0.25, -0.2) is 4.98 Å². The first kappa shape index (κ1) is 20.8. The molecule has 0 aliphatic carbocycles. The fourth-order valence-electron chi connectivity index (χ4n) is 3.51. The van der Waals surface area contributed by atoms with Gasteiger partial charge in [0.25, 0.3) is 11.9 Å². The molecule has 0 saturated carbocycles. The molecule has 3 aromatic rings. The van der Waals surface area contributed by atoms with Crippen LogP contribution in [0.4, 0.5) is 11.7 Å². The lowest BCUT2D eigenvalue weighted by Gasteiger charge is -2.31. The van der Waals surface area contributed by atoms with Crippen molar-refractivity contribution in [1.82, 2.24) is 20.2 Å². The Hall–Kier alpha value is -2.46. The van der Waals surface area contributed by atoms with Crippen molar-refractivity contribution in [3.05, 3.63) is 46.3 Å². The van der Waals surface area contributed by atoms with Crippen LogP contribution in [-0.2, 0) is 6.54 Å². The molecular weight excluding hydrogens is 424 g/mol. The number of nitrogen functional groups attached to an aromatic ring is 1. The van der Waals surface area contributed by atoms with Crippen LogP contribution in [0.25, 0.3) is 10.6 Å². The van der Waals surface area contributed by atoms with Crippen molar-refractivity contribution in [2.75, 3.05) is 31.2 Å². The van der Waals surface area contributed by atoms with Crippen LogP contribution in [0.1, 0.15) is 29.0 Å². The summed E-state index contributed by atoms with van der Waals surface area (Å²) in [7, 11) is 2.02. The van der Waals surface area contributed by atoms with E-state index in [-0.39, 0.29) is 11.7 Å². The molecule has 1 saturated heterocycles. The van der Waals surface area contributed by atoms with E-state index in [1.165, 1.54) is 19.1 Å². The number of halogens is 1. The van der Waals surface area contributed by atoms with Crippen molar-refractivity contribution in [3.8, 4) is 10.6 Å². The van der Waals surface area contributed by atoms with E-state index < -0.39 is 5.91 Å². The van der Waals surface area contributed by atoms with Crippen molar-refractivity contribution in [2.24, 2.45) is 0 Å². The average molecular weight is 447 g/mol. The quantitative estimate of drug-likeness (QED) is 0.531. The monoisotopic (exact) mass is 446 g/mol. The first-order valence-corrected chi connectivity index (χ1v) is 10.9. The van der Waals surface area contributed by atoms with E-state index in [1.807, 2.05) is 19.2 Å². The molecule has 1 aliphatic heterocycles. The molecule has 0 radical (unpaired) electrons. The van der Waals surface area contributed by atoms with Gasteiger partial charge in [-0.3, -0.25) is 9.69 Å². The summed E-state index contributed by atoms with van der Waals surface area (Å²) < 4.78 is 4.88. The molecule has 1 fully saturated rings. The fourth-order valence-corrected chi connectivity index (χ4v) is 4.48. The van der Waals surface area contributed by atoms with E-state index in [2.05, 4.69) is 25.9 Å². The average Bonchev–Trinajstić information content (AvgIpc) is 3.39. The van der Waals surface area contributed by atoms with Crippen LogP contribution < -0.4 is 16.4 Å². The molecule has 0 bridgehead atoms. The van der Waals surface area contributed by atoms with E-state index in [9.17, 15) is 4.79 Å². The Morgan fingerprint density at radius 1 is 1.43 bits per heavy atom. The Morgan fingerprint density at radius 3 is 3.07 bits per heavy atom. The topological polar surface area (TPSA) is 109 Å². The highest BCUT2D eigenvalue weighted by molar-refractivity contribution is 7.13. The highest BCUT2D eigenvalue weighted by Gasteiger charge is 2.20. The number of hydrogen-bond donors (Lipinski definition) is 3. The molecule has 3 heterocycles. The Balaban J connectivity index is 1.47. The summed E-state index contributed by atoms with van der Waals surface area (Å²) in [6.07, 6.45) is 3.62. The van der Waals surface area contributed by atoms with Crippen LogP contribution in [-0.4, -0.2) is 47.0 Å². The minimum Gasteiger partial charge on any atom is -0.431 e. The van der Waals surface area contributed by atoms with Gasteiger partial charge in [-0.1, -0.05) is 17.7 Å². The number of likely N-dealkylation sites (tertiary alicyclic amines) is 1. The molecule has 2 aromatic heterocycles. The van der Waals surface area contributed by atoms with Gasteiger partial charge in [-0.05, 0) is 38.6 Å². The van der Waals surface area contributed by atoms with Gasteiger partial charge in [-0.2, -0.15) is 4.98 Å². The molecular formula is C20H23ClN6O2S. The largest absolute Gasteiger partial charge is 0.431 e. The minimum atomic E-state index is -0.446. The molecule has 1 unspecified atom stereocenters. The zero-order valence-corrected chi connectivity index (χ0v) is 18.1. The number of nitrogens with one attached hydrogen (secondary N) is 2. The minimum absolute atomic E-state index is 0.0648. The molecule has 30 heavy (non-hydrogen) atoms. The molecule has 10 heteroatoms. The summed E-state index contributed by atoms with van der Waals surface area (Å²) in [5, 5.41) is 9.50. The zero-order chi connectivity index (χ0) is 21.1. The standard InChI is InChI=1S/C20H23ClN6O2S/c1-23-13-3-2-6-27(8-13)9-14-11-30-19(24-14)12-4-5-15(21)16(7-12)25-18(28)17-10-29-20(22)26-17/h4-5,7,10-11,13,23H,2-3,6,8-9H2,1H3,(H2,22,26)(H,25,28). The third-order valence-corrected chi connectivity index (χ3v) is 6.34. The smallest absolute Gasteiger partial charge is 0.292 e. The highest BCUT2D eigenvalue weighted by atomic mass is 35.5. The number of oxazole rings is 1. The number of likely N-dealkylation sites (N-methyl/N-ethyl adjacent to an activating group) is 1. The summed E-state index contributed by atoms with van der Waals surface area (Å²) in [6.45, 7) is 2.96. The van der Waals surface area contributed by atoms with E-state index in [0.29, 0.717) is 16.8 Å². The third kappa shape index (κ3) is 4.81. The number of aromatic nitrogens is 2. The lowest BCUT2D eigenvalue weighted by Crippen LogP contribution is -2.43. The Labute approximate surface area is 183 Å². The van der Waals surface area contributed by atoms with Crippen LogP contribution >= 0.6 is 22.9 Å². The molecule has 1 aliphatic rings. The maximum atomic E-state index is 12.3. The number of piperidine rings is 1. The number of carbonyl (C=O) groups is 1. The summed E-state index contributed by atoms with van der Waals surface area (Å²) >= 11 is 7.85. The number of nitrogens with zero attached hydrogens (tertiary/aromatic N) is 3. The lowest BCUT2D eigenvalue weighted by molar-refractivity contribution is 0.102. The molecule has 1 atom stereocenters. The van der Waals surface area contributed by atoms with Crippen molar-refractivity contribution in [1.29, 1.82) is 0 Å². The van der Waals surface area contributed by atoms with Crippen LogP contribution in [0.3, 0.4) is 0 Å². The number of hydrogen-bond acceptors (Lipinski definition) is 8. The van der Waals surface area contributed by atoms with Gasteiger partial charge in [0, 0.05) is 30.1 Å². The predicted molar refractivity (Wildman–Crippen MR) is 119 cm³/mol. The third-order valence-electron chi connectivity index (χ3n) is 5.07. The maximum Gasteiger partial charge on any atom is 0.292 e. The second kappa shape index (κ2) is 9.13. The molecule has 1 aromatic carbocycles. The SMILES string of the molecule is CNC1CCCN(Cc2csc(-c3ccc(Cl)c(NC(=O)c4coc(N)n4)c3)n2)C1.